The summed E-state index contributed by atoms with van der Waals surface area (Å²) in [4.78, 5) is 0. The summed E-state index contributed by atoms with van der Waals surface area (Å²) in [5.41, 5.74) is 3.12. The third kappa shape index (κ3) is 2.87. The van der Waals surface area contributed by atoms with Gasteiger partial charge in [0.05, 0.1) is 0 Å². The van der Waals surface area contributed by atoms with Gasteiger partial charge in [0.25, 0.3) is 0 Å². The first kappa shape index (κ1) is 11.7. The van der Waals surface area contributed by atoms with Crippen LogP contribution >= 0.6 is 0 Å². The summed E-state index contributed by atoms with van der Waals surface area (Å²) in [5, 5.41) is 0. The monoisotopic (exact) mass is 216 g/mol. The fourth-order valence-corrected chi connectivity index (χ4v) is 2.63. The third-order valence-electron chi connectivity index (χ3n) is 3.81. The number of benzene rings is 1. The second-order valence-electron chi connectivity index (χ2n) is 5.95. The molecule has 1 aliphatic rings. The Kier molecular flexibility index (Phi) is 3.68. The van der Waals surface area contributed by atoms with E-state index in [-0.39, 0.29) is 0 Å². The van der Waals surface area contributed by atoms with Crippen LogP contribution in [0.2, 0.25) is 0 Å². The fourth-order valence-electron chi connectivity index (χ4n) is 2.63. The molecule has 0 bridgehead atoms. The van der Waals surface area contributed by atoms with E-state index in [2.05, 4.69) is 45.0 Å². The van der Waals surface area contributed by atoms with Crippen LogP contribution in [-0.2, 0) is 6.42 Å². The van der Waals surface area contributed by atoms with Crippen LogP contribution in [0.4, 0.5) is 0 Å². The highest BCUT2D eigenvalue weighted by Gasteiger charge is 2.26. The van der Waals surface area contributed by atoms with E-state index in [9.17, 15) is 0 Å². The largest absolute Gasteiger partial charge is 0.0628 e. The molecule has 1 saturated carbocycles. The van der Waals surface area contributed by atoms with Crippen LogP contribution in [0.15, 0.2) is 24.3 Å². The van der Waals surface area contributed by atoms with Crippen LogP contribution in [0.3, 0.4) is 0 Å². The number of rotatable bonds is 4. The predicted molar refractivity (Wildman–Crippen MR) is 70.7 cm³/mol. The van der Waals surface area contributed by atoms with Gasteiger partial charge >= 0.3 is 0 Å². The van der Waals surface area contributed by atoms with E-state index >= 15 is 0 Å². The summed E-state index contributed by atoms with van der Waals surface area (Å²) in [6, 6.07) is 9.29. The highest BCUT2D eigenvalue weighted by atomic mass is 14.3. The highest BCUT2D eigenvalue weighted by Crippen LogP contribution is 2.41. The lowest BCUT2D eigenvalue weighted by molar-refractivity contribution is 0.288. The van der Waals surface area contributed by atoms with E-state index in [1.54, 1.807) is 5.56 Å². The molecule has 1 fully saturated rings. The minimum absolute atomic E-state index is 0.812. The van der Waals surface area contributed by atoms with Crippen molar-refractivity contribution in [1.82, 2.24) is 0 Å². The van der Waals surface area contributed by atoms with Gasteiger partial charge in [-0.15, -0.1) is 0 Å². The van der Waals surface area contributed by atoms with E-state index < -0.39 is 0 Å². The number of hydrogen-bond donors (Lipinski definition) is 0. The summed E-state index contributed by atoms with van der Waals surface area (Å²) < 4.78 is 0. The molecule has 0 heteroatoms. The summed E-state index contributed by atoms with van der Waals surface area (Å²) in [6.07, 6.45) is 5.35. The van der Waals surface area contributed by atoms with Gasteiger partial charge in [-0.2, -0.15) is 0 Å². The molecule has 0 aliphatic heterocycles. The Labute approximate surface area is 100 Å². The molecular weight excluding hydrogens is 192 g/mol. The Morgan fingerprint density at radius 2 is 2.00 bits per heavy atom. The Hall–Kier alpha value is -0.780. The van der Waals surface area contributed by atoms with E-state index in [0.29, 0.717) is 0 Å². The normalized spacial score (nSPS) is 24.5. The van der Waals surface area contributed by atoms with Crippen molar-refractivity contribution in [2.24, 2.45) is 11.8 Å². The summed E-state index contributed by atoms with van der Waals surface area (Å²) in [6.45, 7) is 6.97. The Morgan fingerprint density at radius 3 is 2.62 bits per heavy atom. The molecule has 0 radical (unpaired) electrons. The average molecular weight is 216 g/mol. The molecule has 1 aliphatic carbocycles. The van der Waals surface area contributed by atoms with Crippen LogP contribution in [0.5, 0.6) is 0 Å². The minimum Gasteiger partial charge on any atom is -0.0628 e. The van der Waals surface area contributed by atoms with Gasteiger partial charge in [-0.1, -0.05) is 45.0 Å². The fraction of sp³-hybridized carbons (Fsp3) is 0.625. The molecule has 0 saturated heterocycles. The van der Waals surface area contributed by atoms with Gasteiger partial charge in [0, 0.05) is 0 Å². The first-order chi connectivity index (χ1) is 7.65. The Morgan fingerprint density at radius 1 is 1.25 bits per heavy atom. The second-order valence-corrected chi connectivity index (χ2v) is 5.95. The molecule has 88 valence electrons. The van der Waals surface area contributed by atoms with Crippen molar-refractivity contribution in [3.05, 3.63) is 35.4 Å². The van der Waals surface area contributed by atoms with Crippen LogP contribution in [0, 0.1) is 11.8 Å². The van der Waals surface area contributed by atoms with Gasteiger partial charge in [-0.05, 0) is 54.6 Å². The Balaban J connectivity index is 1.96. The maximum Gasteiger partial charge on any atom is -0.0157 e. The van der Waals surface area contributed by atoms with Crippen LogP contribution in [-0.4, -0.2) is 0 Å². The topological polar surface area (TPSA) is 0 Å². The van der Waals surface area contributed by atoms with E-state index in [4.69, 9.17) is 0 Å². The molecule has 2 rings (SSSR count). The van der Waals surface area contributed by atoms with Gasteiger partial charge in [-0.25, -0.2) is 0 Å². The molecular formula is C16H24. The molecule has 0 aromatic heterocycles. The molecule has 0 unspecified atom stereocenters. The van der Waals surface area contributed by atoms with Crippen molar-refractivity contribution >= 4 is 0 Å². The molecule has 0 atom stereocenters. The molecule has 0 spiro atoms. The van der Waals surface area contributed by atoms with Gasteiger partial charge in [-0.3, -0.25) is 0 Å². The van der Waals surface area contributed by atoms with Crippen molar-refractivity contribution in [2.75, 3.05) is 0 Å². The highest BCUT2D eigenvalue weighted by molar-refractivity contribution is 5.28. The van der Waals surface area contributed by atoms with Crippen molar-refractivity contribution in [1.29, 1.82) is 0 Å². The van der Waals surface area contributed by atoms with Crippen molar-refractivity contribution in [3.63, 3.8) is 0 Å². The van der Waals surface area contributed by atoms with E-state index in [0.717, 1.165) is 17.8 Å². The third-order valence-corrected chi connectivity index (χ3v) is 3.81. The second kappa shape index (κ2) is 5.03. The van der Waals surface area contributed by atoms with E-state index in [1.165, 1.54) is 31.2 Å². The zero-order valence-corrected chi connectivity index (χ0v) is 10.9. The zero-order chi connectivity index (χ0) is 11.5. The van der Waals surface area contributed by atoms with Crippen molar-refractivity contribution in [2.45, 2.75) is 52.4 Å². The summed E-state index contributed by atoms with van der Waals surface area (Å²) >= 11 is 0. The smallest absolute Gasteiger partial charge is 0.0157 e. The number of hydrogen-bond acceptors (Lipinski definition) is 0. The molecule has 0 nitrogen and oxygen atoms in total. The SMILES string of the molecule is CC(C)CCc1cccc(C2CC(C)C2)c1. The first-order valence-electron chi connectivity index (χ1n) is 6.74. The molecule has 1 aromatic carbocycles. The average Bonchev–Trinajstić information content (AvgIpc) is 2.22. The van der Waals surface area contributed by atoms with Crippen molar-refractivity contribution in [3.8, 4) is 0 Å². The maximum atomic E-state index is 2.44. The van der Waals surface area contributed by atoms with Gasteiger partial charge in [0.2, 0.25) is 0 Å². The van der Waals surface area contributed by atoms with E-state index in [1.807, 2.05) is 0 Å². The van der Waals surface area contributed by atoms with Crippen molar-refractivity contribution < 1.29 is 0 Å². The summed E-state index contributed by atoms with van der Waals surface area (Å²) in [5.74, 6) is 2.62. The van der Waals surface area contributed by atoms with Gasteiger partial charge in [0.15, 0.2) is 0 Å². The molecule has 0 heterocycles. The van der Waals surface area contributed by atoms with Gasteiger partial charge < -0.3 is 0 Å². The zero-order valence-electron chi connectivity index (χ0n) is 10.9. The minimum atomic E-state index is 0.812. The van der Waals surface area contributed by atoms with Crippen LogP contribution < -0.4 is 0 Å². The van der Waals surface area contributed by atoms with Crippen LogP contribution in [0.1, 0.15) is 57.1 Å². The Bertz CT molecular complexity index is 332. The maximum absolute atomic E-state index is 2.44. The summed E-state index contributed by atoms with van der Waals surface area (Å²) in [7, 11) is 0. The molecule has 0 N–H and O–H groups in total. The molecule has 16 heavy (non-hydrogen) atoms. The van der Waals surface area contributed by atoms with Crippen LogP contribution in [0.25, 0.3) is 0 Å². The molecule has 0 amide bonds. The lowest BCUT2D eigenvalue weighted by Gasteiger charge is -2.33. The number of aryl methyl sites for hydroxylation is 1. The first-order valence-corrected chi connectivity index (χ1v) is 6.74. The lowest BCUT2D eigenvalue weighted by atomic mass is 9.72. The molecule has 1 aromatic rings. The lowest BCUT2D eigenvalue weighted by Crippen LogP contribution is -2.18. The quantitative estimate of drug-likeness (QED) is 0.679. The predicted octanol–water partition coefficient (Wildman–Crippen LogP) is 4.79. The van der Waals surface area contributed by atoms with Gasteiger partial charge in [0.1, 0.15) is 0 Å². The standard InChI is InChI=1S/C16H24/c1-12(2)7-8-14-5-4-6-15(11-14)16-9-13(3)10-16/h4-6,11-13,16H,7-10H2,1-3H3.